The summed E-state index contributed by atoms with van der Waals surface area (Å²) in [6.45, 7) is 1.92. The lowest BCUT2D eigenvalue weighted by Gasteiger charge is -2.14. The van der Waals surface area contributed by atoms with E-state index in [1.807, 2.05) is 31.2 Å². The summed E-state index contributed by atoms with van der Waals surface area (Å²) >= 11 is 4.75. The molecule has 0 saturated heterocycles. The molecule has 0 aromatic heterocycles. The number of carboxylic acid groups (broad SMARTS) is 1. The van der Waals surface area contributed by atoms with E-state index in [1.54, 1.807) is 0 Å². The van der Waals surface area contributed by atoms with Gasteiger partial charge in [-0.25, -0.2) is 0 Å². The summed E-state index contributed by atoms with van der Waals surface area (Å²) in [6.07, 6.45) is 0.357. The summed E-state index contributed by atoms with van der Waals surface area (Å²) in [7, 11) is 0. The molecule has 2 atom stereocenters. The molecule has 0 saturated carbocycles. The third kappa shape index (κ3) is 6.97. The highest BCUT2D eigenvalue weighted by Gasteiger charge is 2.12. The lowest BCUT2D eigenvalue weighted by Crippen LogP contribution is -2.31. The van der Waals surface area contributed by atoms with Gasteiger partial charge in [-0.3, -0.25) is 9.59 Å². The number of rotatable bonds is 8. The highest BCUT2D eigenvalue weighted by Crippen LogP contribution is 2.16. The van der Waals surface area contributed by atoms with Crippen molar-refractivity contribution in [2.24, 2.45) is 5.73 Å². The first-order chi connectivity index (χ1) is 9.90. The van der Waals surface area contributed by atoms with Crippen molar-refractivity contribution in [3.05, 3.63) is 34.3 Å². The van der Waals surface area contributed by atoms with E-state index in [4.69, 9.17) is 10.8 Å². The molecule has 2 unspecified atom stereocenters. The molecule has 0 bridgehead atoms. The Kier molecular flexibility index (Phi) is 7.77. The first-order valence-corrected chi connectivity index (χ1v) is 8.46. The number of nitrogens with two attached hydrogens (primary N) is 1. The van der Waals surface area contributed by atoms with Crippen LogP contribution in [-0.2, 0) is 9.59 Å². The Labute approximate surface area is 136 Å². The number of carbonyl (C=O) groups excluding carboxylic acids is 1. The number of hydrogen-bond donors (Lipinski definition) is 3. The third-order valence-electron chi connectivity index (χ3n) is 2.87. The van der Waals surface area contributed by atoms with Gasteiger partial charge >= 0.3 is 5.97 Å². The van der Waals surface area contributed by atoms with Crippen LogP contribution in [0.2, 0.25) is 0 Å². The lowest BCUT2D eigenvalue weighted by atomic mass is 10.1. The maximum Gasteiger partial charge on any atom is 0.320 e. The van der Waals surface area contributed by atoms with Crippen LogP contribution in [0.1, 0.15) is 24.9 Å². The number of carbonyl (C=O) groups is 2. The van der Waals surface area contributed by atoms with Gasteiger partial charge in [0.2, 0.25) is 5.91 Å². The van der Waals surface area contributed by atoms with Crippen molar-refractivity contribution < 1.29 is 14.7 Å². The number of aliphatic carboxylic acids is 1. The molecule has 0 spiro atoms. The van der Waals surface area contributed by atoms with Crippen LogP contribution in [0.15, 0.2) is 28.7 Å². The Morgan fingerprint density at radius 2 is 2.00 bits per heavy atom. The van der Waals surface area contributed by atoms with E-state index in [-0.39, 0.29) is 11.9 Å². The molecule has 0 radical (unpaired) electrons. The summed E-state index contributed by atoms with van der Waals surface area (Å²) < 4.78 is 0.995. The van der Waals surface area contributed by atoms with E-state index in [2.05, 4.69) is 21.2 Å². The zero-order chi connectivity index (χ0) is 15.8. The molecule has 116 valence electrons. The van der Waals surface area contributed by atoms with Crippen LogP contribution in [0.5, 0.6) is 0 Å². The van der Waals surface area contributed by atoms with E-state index < -0.39 is 12.0 Å². The van der Waals surface area contributed by atoms with Gasteiger partial charge in [0.05, 0.1) is 11.8 Å². The van der Waals surface area contributed by atoms with Crippen molar-refractivity contribution >= 4 is 39.6 Å². The molecule has 4 N–H and O–H groups in total. The molecular weight excluding hydrogens is 356 g/mol. The normalized spacial score (nSPS) is 13.5. The second-order valence-corrected chi connectivity index (χ2v) is 6.65. The zero-order valence-corrected chi connectivity index (χ0v) is 14.1. The number of benzene rings is 1. The largest absolute Gasteiger partial charge is 0.480 e. The predicted octanol–water partition coefficient (Wildman–Crippen LogP) is 2.16. The average Bonchev–Trinajstić information content (AvgIpc) is 2.43. The van der Waals surface area contributed by atoms with Gasteiger partial charge in [0.15, 0.2) is 0 Å². The summed E-state index contributed by atoms with van der Waals surface area (Å²) in [5.41, 5.74) is 6.42. The van der Waals surface area contributed by atoms with Crippen LogP contribution >= 0.6 is 27.7 Å². The van der Waals surface area contributed by atoms with Crippen LogP contribution in [0.3, 0.4) is 0 Å². The second-order valence-electron chi connectivity index (χ2n) is 4.63. The highest BCUT2D eigenvalue weighted by atomic mass is 79.9. The second kappa shape index (κ2) is 9.07. The molecule has 0 aliphatic carbocycles. The van der Waals surface area contributed by atoms with Gasteiger partial charge in [-0.2, -0.15) is 11.8 Å². The first kappa shape index (κ1) is 18.0. The lowest BCUT2D eigenvalue weighted by molar-refractivity contribution is -0.138. The number of hydrogen-bond acceptors (Lipinski definition) is 4. The van der Waals surface area contributed by atoms with Crippen LogP contribution < -0.4 is 11.1 Å². The Morgan fingerprint density at radius 3 is 2.57 bits per heavy atom. The number of halogens is 1. The summed E-state index contributed by atoms with van der Waals surface area (Å²) in [5, 5.41) is 11.5. The van der Waals surface area contributed by atoms with Crippen molar-refractivity contribution in [3.63, 3.8) is 0 Å². The summed E-state index contributed by atoms with van der Waals surface area (Å²) in [6, 6.07) is 6.84. The highest BCUT2D eigenvalue weighted by molar-refractivity contribution is 9.10. The minimum absolute atomic E-state index is 0.0625. The molecule has 0 aliphatic heterocycles. The Balaban J connectivity index is 2.27. The molecular formula is C14H19BrN2O3S. The van der Waals surface area contributed by atoms with Crippen molar-refractivity contribution in [1.82, 2.24) is 5.32 Å². The molecule has 0 heterocycles. The number of nitrogens with one attached hydrogen (secondary N) is 1. The summed E-state index contributed by atoms with van der Waals surface area (Å²) in [5.74, 6) is -0.232. The number of thioether (sulfide) groups is 1. The molecule has 1 amide bonds. The molecule has 21 heavy (non-hydrogen) atoms. The van der Waals surface area contributed by atoms with E-state index in [1.165, 1.54) is 11.8 Å². The quantitative estimate of drug-likeness (QED) is 0.606. The van der Waals surface area contributed by atoms with Crippen molar-refractivity contribution in [2.45, 2.75) is 25.4 Å². The number of carboxylic acids is 1. The topological polar surface area (TPSA) is 92.4 Å². The van der Waals surface area contributed by atoms with E-state index in [0.717, 1.165) is 10.0 Å². The smallest absolute Gasteiger partial charge is 0.320 e. The van der Waals surface area contributed by atoms with Crippen molar-refractivity contribution in [2.75, 3.05) is 11.5 Å². The van der Waals surface area contributed by atoms with E-state index >= 15 is 0 Å². The Morgan fingerprint density at radius 1 is 1.38 bits per heavy atom. The van der Waals surface area contributed by atoms with E-state index in [0.29, 0.717) is 17.9 Å². The minimum Gasteiger partial charge on any atom is -0.480 e. The molecule has 1 aromatic carbocycles. The van der Waals surface area contributed by atoms with Gasteiger partial charge < -0.3 is 16.2 Å². The van der Waals surface area contributed by atoms with E-state index in [9.17, 15) is 9.59 Å². The van der Waals surface area contributed by atoms with Crippen LogP contribution in [0.25, 0.3) is 0 Å². The SMILES string of the molecule is CC(NC(=O)CSCCC(N)C(=O)O)c1ccc(Br)cc1. The van der Waals surface area contributed by atoms with Gasteiger partial charge in [0, 0.05) is 4.47 Å². The molecule has 5 nitrogen and oxygen atoms in total. The Hall–Kier alpha value is -1.05. The van der Waals surface area contributed by atoms with Gasteiger partial charge in [-0.15, -0.1) is 0 Å². The van der Waals surface area contributed by atoms with Gasteiger partial charge in [0.1, 0.15) is 6.04 Å². The zero-order valence-electron chi connectivity index (χ0n) is 11.7. The fourth-order valence-electron chi connectivity index (χ4n) is 1.62. The van der Waals surface area contributed by atoms with Crippen molar-refractivity contribution in [3.8, 4) is 0 Å². The standard InChI is InChI=1S/C14H19BrN2O3S/c1-9(10-2-4-11(15)5-3-10)17-13(18)8-21-7-6-12(16)14(19)20/h2-5,9,12H,6-8,16H2,1H3,(H,17,18)(H,19,20). The van der Waals surface area contributed by atoms with Crippen LogP contribution in [-0.4, -0.2) is 34.5 Å². The summed E-state index contributed by atoms with van der Waals surface area (Å²) in [4.78, 5) is 22.3. The molecule has 0 fully saturated rings. The monoisotopic (exact) mass is 374 g/mol. The van der Waals surface area contributed by atoms with Crippen LogP contribution in [0, 0.1) is 0 Å². The first-order valence-electron chi connectivity index (χ1n) is 6.51. The van der Waals surface area contributed by atoms with Gasteiger partial charge in [-0.1, -0.05) is 28.1 Å². The fourth-order valence-corrected chi connectivity index (χ4v) is 2.71. The molecule has 7 heteroatoms. The molecule has 1 rings (SSSR count). The Bertz CT molecular complexity index is 482. The fraction of sp³-hybridized carbons (Fsp3) is 0.429. The van der Waals surface area contributed by atoms with Gasteiger partial charge in [0.25, 0.3) is 0 Å². The third-order valence-corrected chi connectivity index (χ3v) is 4.39. The molecule has 1 aromatic rings. The number of amides is 1. The maximum absolute atomic E-state index is 11.8. The van der Waals surface area contributed by atoms with Crippen molar-refractivity contribution in [1.29, 1.82) is 0 Å². The van der Waals surface area contributed by atoms with Gasteiger partial charge in [-0.05, 0) is 36.8 Å². The predicted molar refractivity (Wildman–Crippen MR) is 88.3 cm³/mol. The average molecular weight is 375 g/mol. The molecule has 0 aliphatic rings. The maximum atomic E-state index is 11.8. The van der Waals surface area contributed by atoms with Crippen LogP contribution in [0.4, 0.5) is 0 Å². The minimum atomic E-state index is -1.01.